The Bertz CT molecular complexity index is 287. The van der Waals surface area contributed by atoms with Gasteiger partial charge in [-0.3, -0.25) is 0 Å². The largest absolute Gasteiger partial charge is 0.508 e. The lowest BCUT2D eigenvalue weighted by atomic mass is 9.71. The minimum absolute atomic E-state index is 0.216. The van der Waals surface area contributed by atoms with E-state index in [1.807, 2.05) is 12.1 Å². The van der Waals surface area contributed by atoms with Crippen LogP contribution in [0.4, 0.5) is 0 Å². The van der Waals surface area contributed by atoms with Crippen molar-refractivity contribution in [1.82, 2.24) is 0 Å². The summed E-state index contributed by atoms with van der Waals surface area (Å²) in [6.07, 6.45) is 1.12. The monoisotopic (exact) mass is 192 g/mol. The molecule has 0 fully saturated rings. The summed E-state index contributed by atoms with van der Waals surface area (Å²) in [6.45, 7) is 8.99. The van der Waals surface area contributed by atoms with Gasteiger partial charge in [-0.1, -0.05) is 39.8 Å². The zero-order chi connectivity index (χ0) is 10.8. The summed E-state index contributed by atoms with van der Waals surface area (Å²) in [5, 5.41) is 9.23. The van der Waals surface area contributed by atoms with Gasteiger partial charge in [0.1, 0.15) is 5.75 Å². The van der Waals surface area contributed by atoms with Gasteiger partial charge in [-0.15, -0.1) is 0 Å². The van der Waals surface area contributed by atoms with Crippen LogP contribution in [0.3, 0.4) is 0 Å². The molecular weight excluding hydrogens is 172 g/mol. The van der Waals surface area contributed by atoms with E-state index in [4.69, 9.17) is 0 Å². The highest BCUT2D eigenvalue weighted by atomic mass is 16.3. The van der Waals surface area contributed by atoms with Crippen molar-refractivity contribution >= 4 is 0 Å². The highest BCUT2D eigenvalue weighted by Crippen LogP contribution is 2.35. The molecular formula is C13H20O. The van der Waals surface area contributed by atoms with Crippen molar-refractivity contribution < 1.29 is 5.11 Å². The molecule has 0 aliphatic rings. The van der Waals surface area contributed by atoms with E-state index in [-0.39, 0.29) is 5.41 Å². The van der Waals surface area contributed by atoms with E-state index in [1.165, 1.54) is 5.56 Å². The highest BCUT2D eigenvalue weighted by molar-refractivity contribution is 5.31. The number of hydrogen-bond acceptors (Lipinski definition) is 1. The minimum atomic E-state index is 0.216. The van der Waals surface area contributed by atoms with Crippen LogP contribution >= 0.6 is 0 Å². The van der Waals surface area contributed by atoms with Crippen LogP contribution in [-0.2, 0) is 5.41 Å². The summed E-state index contributed by atoms with van der Waals surface area (Å²) in [4.78, 5) is 0. The molecule has 1 unspecified atom stereocenters. The molecule has 0 heterocycles. The predicted molar refractivity (Wildman–Crippen MR) is 60.6 cm³/mol. The van der Waals surface area contributed by atoms with Crippen molar-refractivity contribution in [3.8, 4) is 5.75 Å². The van der Waals surface area contributed by atoms with Gasteiger partial charge in [-0.2, -0.15) is 0 Å². The molecule has 1 aromatic carbocycles. The summed E-state index contributed by atoms with van der Waals surface area (Å²) in [5.74, 6) is 0.952. The van der Waals surface area contributed by atoms with Crippen molar-refractivity contribution in [2.24, 2.45) is 5.92 Å². The summed E-state index contributed by atoms with van der Waals surface area (Å²) in [6, 6.07) is 7.59. The van der Waals surface area contributed by atoms with E-state index in [0.717, 1.165) is 6.42 Å². The van der Waals surface area contributed by atoms with Gasteiger partial charge in [0.2, 0.25) is 0 Å². The van der Waals surface area contributed by atoms with E-state index in [0.29, 0.717) is 11.7 Å². The Morgan fingerprint density at radius 2 is 1.71 bits per heavy atom. The number of phenolic OH excluding ortho intramolecular Hbond substituents is 1. The first kappa shape index (κ1) is 11.1. The third-order valence-electron chi connectivity index (χ3n) is 3.54. The number of phenols is 1. The van der Waals surface area contributed by atoms with Crippen molar-refractivity contribution in [3.63, 3.8) is 0 Å². The van der Waals surface area contributed by atoms with Crippen LogP contribution in [0.25, 0.3) is 0 Å². The predicted octanol–water partition coefficient (Wildman–Crippen LogP) is 3.72. The molecule has 0 saturated carbocycles. The molecule has 1 N–H and O–H groups in total. The third-order valence-corrected chi connectivity index (χ3v) is 3.54. The van der Waals surface area contributed by atoms with Crippen molar-refractivity contribution in [1.29, 1.82) is 0 Å². The maximum atomic E-state index is 9.23. The van der Waals surface area contributed by atoms with Crippen LogP contribution in [0, 0.1) is 5.92 Å². The Balaban J connectivity index is 3.06. The zero-order valence-electron chi connectivity index (χ0n) is 9.54. The maximum Gasteiger partial charge on any atom is 0.115 e. The van der Waals surface area contributed by atoms with Gasteiger partial charge in [0.25, 0.3) is 0 Å². The van der Waals surface area contributed by atoms with Crippen LogP contribution in [0.5, 0.6) is 5.75 Å². The van der Waals surface area contributed by atoms with E-state index in [9.17, 15) is 5.11 Å². The van der Waals surface area contributed by atoms with Crippen molar-refractivity contribution in [2.75, 3.05) is 0 Å². The Morgan fingerprint density at radius 1 is 1.21 bits per heavy atom. The molecule has 0 aliphatic carbocycles. The Kier molecular flexibility index (Phi) is 3.20. The second kappa shape index (κ2) is 4.04. The second-order valence-electron chi connectivity index (χ2n) is 4.47. The van der Waals surface area contributed by atoms with E-state index in [2.05, 4.69) is 27.7 Å². The lowest BCUT2D eigenvalue weighted by Gasteiger charge is -2.33. The second-order valence-corrected chi connectivity index (χ2v) is 4.47. The minimum Gasteiger partial charge on any atom is -0.508 e. The van der Waals surface area contributed by atoms with Crippen molar-refractivity contribution in [2.45, 2.75) is 39.5 Å². The molecule has 0 radical (unpaired) electrons. The standard InChI is InChI=1S/C13H20O/c1-5-13(4,10(2)3)11-6-8-12(14)9-7-11/h6-10,14H,5H2,1-4H3. The Morgan fingerprint density at radius 3 is 2.07 bits per heavy atom. The fourth-order valence-electron chi connectivity index (χ4n) is 1.79. The van der Waals surface area contributed by atoms with Crippen LogP contribution in [-0.4, -0.2) is 5.11 Å². The van der Waals surface area contributed by atoms with Crippen LogP contribution < -0.4 is 0 Å². The zero-order valence-corrected chi connectivity index (χ0v) is 9.54. The topological polar surface area (TPSA) is 20.2 Å². The molecule has 0 aliphatic heterocycles. The van der Waals surface area contributed by atoms with Gasteiger partial charge >= 0.3 is 0 Å². The average molecular weight is 192 g/mol. The van der Waals surface area contributed by atoms with E-state index < -0.39 is 0 Å². The molecule has 1 atom stereocenters. The molecule has 0 saturated heterocycles. The summed E-state index contributed by atoms with van der Waals surface area (Å²) >= 11 is 0. The first-order valence-corrected chi connectivity index (χ1v) is 5.30. The first-order valence-electron chi connectivity index (χ1n) is 5.30. The summed E-state index contributed by atoms with van der Waals surface area (Å²) < 4.78 is 0. The third kappa shape index (κ3) is 1.92. The lowest BCUT2D eigenvalue weighted by molar-refractivity contribution is 0.326. The molecule has 0 aromatic heterocycles. The molecule has 78 valence electrons. The smallest absolute Gasteiger partial charge is 0.115 e. The Hall–Kier alpha value is -0.980. The first-order chi connectivity index (χ1) is 6.50. The average Bonchev–Trinajstić information content (AvgIpc) is 2.17. The summed E-state index contributed by atoms with van der Waals surface area (Å²) in [7, 11) is 0. The number of rotatable bonds is 3. The molecule has 1 aromatic rings. The normalized spacial score (nSPS) is 15.5. The quantitative estimate of drug-likeness (QED) is 0.774. The van der Waals surface area contributed by atoms with Gasteiger partial charge in [0.15, 0.2) is 0 Å². The molecule has 0 spiro atoms. The summed E-state index contributed by atoms with van der Waals surface area (Å²) in [5.41, 5.74) is 1.53. The molecule has 1 rings (SSSR count). The number of hydrogen-bond donors (Lipinski definition) is 1. The number of aromatic hydroxyl groups is 1. The highest BCUT2D eigenvalue weighted by Gasteiger charge is 2.27. The fourth-order valence-corrected chi connectivity index (χ4v) is 1.79. The molecule has 1 nitrogen and oxygen atoms in total. The van der Waals surface area contributed by atoms with Gasteiger partial charge in [0.05, 0.1) is 0 Å². The van der Waals surface area contributed by atoms with Gasteiger partial charge < -0.3 is 5.11 Å². The molecule has 0 amide bonds. The van der Waals surface area contributed by atoms with Crippen LogP contribution in [0.1, 0.15) is 39.7 Å². The van der Waals surface area contributed by atoms with E-state index in [1.54, 1.807) is 12.1 Å². The van der Waals surface area contributed by atoms with Gasteiger partial charge in [0, 0.05) is 0 Å². The fraction of sp³-hybridized carbons (Fsp3) is 0.538. The Labute approximate surface area is 86.8 Å². The van der Waals surface area contributed by atoms with Gasteiger partial charge in [-0.25, -0.2) is 0 Å². The van der Waals surface area contributed by atoms with Gasteiger partial charge in [-0.05, 0) is 35.4 Å². The SMILES string of the molecule is CCC(C)(c1ccc(O)cc1)C(C)C. The molecule has 14 heavy (non-hydrogen) atoms. The maximum absolute atomic E-state index is 9.23. The lowest BCUT2D eigenvalue weighted by Crippen LogP contribution is -2.27. The van der Waals surface area contributed by atoms with Crippen LogP contribution in [0.15, 0.2) is 24.3 Å². The van der Waals surface area contributed by atoms with Crippen molar-refractivity contribution in [3.05, 3.63) is 29.8 Å². The molecule has 0 bridgehead atoms. The molecule has 1 heteroatoms. The van der Waals surface area contributed by atoms with E-state index >= 15 is 0 Å². The number of benzene rings is 1. The van der Waals surface area contributed by atoms with Crippen LogP contribution in [0.2, 0.25) is 0 Å².